The third kappa shape index (κ3) is 3.62. The van der Waals surface area contributed by atoms with Crippen LogP contribution < -0.4 is 0 Å². The lowest BCUT2D eigenvalue weighted by Gasteiger charge is -2.19. The molecule has 0 radical (unpaired) electrons. The summed E-state index contributed by atoms with van der Waals surface area (Å²) in [7, 11) is 3.24. The summed E-state index contributed by atoms with van der Waals surface area (Å²) in [4.78, 5) is 17.3. The Morgan fingerprint density at radius 2 is 2.38 bits per heavy atom. The number of esters is 1. The van der Waals surface area contributed by atoms with Gasteiger partial charge in [0.25, 0.3) is 0 Å². The smallest absolute Gasteiger partial charge is 0.319 e. The number of methoxy groups -OCH3 is 1. The van der Waals surface area contributed by atoms with Crippen molar-refractivity contribution in [2.24, 2.45) is 7.05 Å². The van der Waals surface area contributed by atoms with Gasteiger partial charge < -0.3 is 4.74 Å². The van der Waals surface area contributed by atoms with Crippen LogP contribution in [0.15, 0.2) is 6.33 Å². The number of hydrogen-bond acceptors (Lipinski definition) is 5. The summed E-state index contributed by atoms with van der Waals surface area (Å²) in [5, 5.41) is 3.99. The molecule has 0 aliphatic rings. The average Bonchev–Trinajstić information content (AvgIpc) is 2.64. The molecular weight excluding hydrogens is 208 g/mol. The third-order valence-electron chi connectivity index (χ3n) is 2.29. The van der Waals surface area contributed by atoms with Crippen LogP contribution in [0, 0.1) is 0 Å². The Labute approximate surface area is 95.2 Å². The van der Waals surface area contributed by atoms with Gasteiger partial charge in [-0.05, 0) is 13.0 Å². The van der Waals surface area contributed by atoms with Gasteiger partial charge >= 0.3 is 5.97 Å². The van der Waals surface area contributed by atoms with E-state index >= 15 is 0 Å². The highest BCUT2D eigenvalue weighted by Crippen LogP contribution is 2.01. The summed E-state index contributed by atoms with van der Waals surface area (Å²) in [6, 6.07) is 0. The molecule has 0 amide bonds. The molecule has 0 saturated heterocycles. The molecule has 90 valence electrons. The number of aromatic nitrogens is 3. The fourth-order valence-electron chi connectivity index (χ4n) is 1.44. The van der Waals surface area contributed by atoms with Gasteiger partial charge in [0.05, 0.1) is 20.2 Å². The van der Waals surface area contributed by atoms with E-state index in [1.165, 1.54) is 13.4 Å². The second-order valence-electron chi connectivity index (χ2n) is 3.59. The maximum atomic E-state index is 11.2. The van der Waals surface area contributed by atoms with Gasteiger partial charge in [0.1, 0.15) is 12.2 Å². The van der Waals surface area contributed by atoms with Crippen molar-refractivity contribution in [3.05, 3.63) is 12.2 Å². The number of ether oxygens (including phenoxy) is 1. The molecule has 1 rings (SSSR count). The highest BCUT2D eigenvalue weighted by molar-refractivity contribution is 5.71. The second-order valence-corrected chi connectivity index (χ2v) is 3.59. The molecule has 1 aromatic heterocycles. The summed E-state index contributed by atoms with van der Waals surface area (Å²) in [6.45, 7) is 3.81. The topological polar surface area (TPSA) is 60.3 Å². The van der Waals surface area contributed by atoms with E-state index in [1.807, 2.05) is 11.9 Å². The molecule has 1 heterocycles. The van der Waals surface area contributed by atoms with Crippen molar-refractivity contribution >= 4 is 5.97 Å². The zero-order chi connectivity index (χ0) is 12.0. The summed E-state index contributed by atoms with van der Waals surface area (Å²) >= 11 is 0. The summed E-state index contributed by atoms with van der Waals surface area (Å²) in [5.74, 6) is 0.618. The third-order valence-corrected chi connectivity index (χ3v) is 2.29. The van der Waals surface area contributed by atoms with Gasteiger partial charge in [0.2, 0.25) is 0 Å². The SMILES string of the molecule is CCCN(CC(=O)OC)Cc1ncnn1C. The second kappa shape index (κ2) is 6.22. The van der Waals surface area contributed by atoms with Crippen LogP contribution in [0.25, 0.3) is 0 Å². The van der Waals surface area contributed by atoms with Gasteiger partial charge in [0.15, 0.2) is 0 Å². The molecule has 0 spiro atoms. The zero-order valence-electron chi connectivity index (χ0n) is 10.0. The lowest BCUT2D eigenvalue weighted by Crippen LogP contribution is -2.31. The minimum atomic E-state index is -0.226. The molecule has 6 nitrogen and oxygen atoms in total. The molecule has 0 fully saturated rings. The van der Waals surface area contributed by atoms with Crippen LogP contribution in [0.2, 0.25) is 0 Å². The molecule has 1 aromatic rings. The van der Waals surface area contributed by atoms with E-state index in [1.54, 1.807) is 4.68 Å². The van der Waals surface area contributed by atoms with Gasteiger partial charge in [-0.3, -0.25) is 14.4 Å². The first-order valence-corrected chi connectivity index (χ1v) is 5.29. The minimum Gasteiger partial charge on any atom is -0.468 e. The highest BCUT2D eigenvalue weighted by Gasteiger charge is 2.13. The number of nitrogens with zero attached hydrogens (tertiary/aromatic N) is 4. The molecule has 0 bridgehead atoms. The fraction of sp³-hybridized carbons (Fsp3) is 0.700. The predicted molar refractivity (Wildman–Crippen MR) is 58.6 cm³/mol. The average molecular weight is 226 g/mol. The number of carbonyl (C=O) groups is 1. The maximum absolute atomic E-state index is 11.2. The molecule has 6 heteroatoms. The van der Waals surface area contributed by atoms with Crippen LogP contribution in [0.1, 0.15) is 19.2 Å². The van der Waals surface area contributed by atoms with E-state index in [4.69, 9.17) is 0 Å². The van der Waals surface area contributed by atoms with Crippen molar-refractivity contribution in [2.45, 2.75) is 19.9 Å². The molecule has 0 aromatic carbocycles. The van der Waals surface area contributed by atoms with E-state index in [0.29, 0.717) is 6.54 Å². The standard InChI is InChI=1S/C10H18N4O2/c1-4-5-14(7-10(15)16-3)6-9-11-8-12-13(9)2/h8H,4-7H2,1-3H3. The Kier molecular flexibility index (Phi) is 4.91. The Morgan fingerprint density at radius 1 is 1.62 bits per heavy atom. The summed E-state index contributed by atoms with van der Waals surface area (Å²) in [6.07, 6.45) is 2.49. The largest absolute Gasteiger partial charge is 0.468 e. The molecule has 0 atom stereocenters. The first kappa shape index (κ1) is 12.6. The van der Waals surface area contributed by atoms with E-state index in [9.17, 15) is 4.79 Å². The van der Waals surface area contributed by atoms with Crippen molar-refractivity contribution in [3.63, 3.8) is 0 Å². The Morgan fingerprint density at radius 3 is 2.88 bits per heavy atom. The normalized spacial score (nSPS) is 10.8. The molecule has 0 aliphatic heterocycles. The van der Waals surface area contributed by atoms with E-state index in [0.717, 1.165) is 18.8 Å². The lowest BCUT2D eigenvalue weighted by atomic mass is 10.4. The van der Waals surface area contributed by atoms with Gasteiger partial charge in [-0.1, -0.05) is 6.92 Å². The van der Waals surface area contributed by atoms with E-state index in [2.05, 4.69) is 21.7 Å². The maximum Gasteiger partial charge on any atom is 0.319 e. The van der Waals surface area contributed by atoms with Crippen LogP contribution in [-0.2, 0) is 23.1 Å². The monoisotopic (exact) mass is 226 g/mol. The molecule has 0 saturated carbocycles. The van der Waals surface area contributed by atoms with Gasteiger partial charge in [-0.15, -0.1) is 0 Å². The van der Waals surface area contributed by atoms with Crippen LogP contribution in [0.4, 0.5) is 0 Å². The zero-order valence-corrected chi connectivity index (χ0v) is 10.0. The van der Waals surface area contributed by atoms with Crippen LogP contribution in [0.5, 0.6) is 0 Å². The molecule has 0 unspecified atom stereocenters. The van der Waals surface area contributed by atoms with Crippen molar-refractivity contribution in [1.29, 1.82) is 0 Å². The molecular formula is C10H18N4O2. The van der Waals surface area contributed by atoms with Crippen molar-refractivity contribution in [3.8, 4) is 0 Å². The van der Waals surface area contributed by atoms with Gasteiger partial charge in [0, 0.05) is 7.05 Å². The number of rotatable bonds is 6. The minimum absolute atomic E-state index is 0.226. The van der Waals surface area contributed by atoms with Crippen molar-refractivity contribution in [2.75, 3.05) is 20.2 Å². The Bertz CT molecular complexity index is 337. The number of aryl methyl sites for hydroxylation is 1. The molecule has 0 aliphatic carbocycles. The summed E-state index contributed by atoms with van der Waals surface area (Å²) in [5.41, 5.74) is 0. The Balaban J connectivity index is 2.57. The van der Waals surface area contributed by atoms with E-state index in [-0.39, 0.29) is 12.5 Å². The van der Waals surface area contributed by atoms with Crippen LogP contribution in [-0.4, -0.2) is 45.8 Å². The highest BCUT2D eigenvalue weighted by atomic mass is 16.5. The number of hydrogen-bond donors (Lipinski definition) is 0. The van der Waals surface area contributed by atoms with E-state index < -0.39 is 0 Å². The fourth-order valence-corrected chi connectivity index (χ4v) is 1.44. The van der Waals surface area contributed by atoms with Gasteiger partial charge in [-0.25, -0.2) is 4.98 Å². The quantitative estimate of drug-likeness (QED) is 0.648. The predicted octanol–water partition coefficient (Wildman–Crippen LogP) is 0.200. The van der Waals surface area contributed by atoms with Crippen LogP contribution in [0.3, 0.4) is 0 Å². The first-order valence-electron chi connectivity index (χ1n) is 5.29. The van der Waals surface area contributed by atoms with Gasteiger partial charge in [-0.2, -0.15) is 5.10 Å². The summed E-state index contributed by atoms with van der Waals surface area (Å²) < 4.78 is 6.36. The lowest BCUT2D eigenvalue weighted by molar-refractivity contribution is -0.142. The van der Waals surface area contributed by atoms with Crippen molar-refractivity contribution in [1.82, 2.24) is 19.7 Å². The molecule has 16 heavy (non-hydrogen) atoms. The molecule has 0 N–H and O–H groups in total. The van der Waals surface area contributed by atoms with Crippen molar-refractivity contribution < 1.29 is 9.53 Å². The number of carbonyl (C=O) groups excluding carboxylic acids is 1. The Hall–Kier alpha value is -1.43. The first-order chi connectivity index (χ1) is 7.67. The van der Waals surface area contributed by atoms with Crippen LogP contribution >= 0.6 is 0 Å².